The predicted molar refractivity (Wildman–Crippen MR) is 125 cm³/mol. The summed E-state index contributed by atoms with van der Waals surface area (Å²) in [5, 5.41) is 2.17. The Labute approximate surface area is 196 Å². The lowest BCUT2D eigenvalue weighted by molar-refractivity contribution is -0.122. The summed E-state index contributed by atoms with van der Waals surface area (Å²) in [6.07, 6.45) is 3.55. The van der Waals surface area contributed by atoms with Crippen molar-refractivity contribution in [2.45, 2.75) is 13.3 Å². The number of allylic oxidation sites excluding steroid dienone is 1. The standard InChI is InChI=1S/C25H24N2O7/c1-5-7-17-12-15(14-20(32-3)21(17)34-6-2)13-19-22(28)26-25(31)27(23(19)29)18-10-8-16(9-11-18)24(30)33-4/h5,8-14H,1,6-7H2,2-4H3,(H,26,28,31)/b19-13+. The van der Waals surface area contributed by atoms with Crippen LogP contribution in [0.5, 0.6) is 11.5 Å². The molecule has 0 atom stereocenters. The summed E-state index contributed by atoms with van der Waals surface area (Å²) >= 11 is 0. The lowest BCUT2D eigenvalue weighted by atomic mass is 10.0. The first-order chi connectivity index (χ1) is 16.3. The van der Waals surface area contributed by atoms with Gasteiger partial charge in [-0.05, 0) is 61.4 Å². The van der Waals surface area contributed by atoms with E-state index >= 15 is 0 Å². The van der Waals surface area contributed by atoms with Crippen molar-refractivity contribution in [3.63, 3.8) is 0 Å². The van der Waals surface area contributed by atoms with Gasteiger partial charge < -0.3 is 14.2 Å². The normalized spacial score (nSPS) is 14.6. The molecule has 1 N–H and O–H groups in total. The van der Waals surface area contributed by atoms with Crippen LogP contribution in [0.25, 0.3) is 6.08 Å². The van der Waals surface area contributed by atoms with Gasteiger partial charge in [0, 0.05) is 5.56 Å². The highest BCUT2D eigenvalue weighted by molar-refractivity contribution is 6.39. The number of hydrogen-bond donors (Lipinski definition) is 1. The quantitative estimate of drug-likeness (QED) is 0.276. The molecule has 0 unspecified atom stereocenters. The van der Waals surface area contributed by atoms with Gasteiger partial charge in [-0.15, -0.1) is 6.58 Å². The fraction of sp³-hybridized carbons (Fsp3) is 0.200. The molecule has 0 saturated carbocycles. The van der Waals surface area contributed by atoms with E-state index in [1.807, 2.05) is 6.92 Å². The lowest BCUT2D eigenvalue weighted by Crippen LogP contribution is -2.54. The third kappa shape index (κ3) is 4.83. The molecular formula is C25H24N2O7. The maximum atomic E-state index is 13.2. The molecule has 4 amide bonds. The van der Waals surface area contributed by atoms with E-state index in [1.165, 1.54) is 44.6 Å². The van der Waals surface area contributed by atoms with Gasteiger partial charge in [0.05, 0.1) is 32.1 Å². The SMILES string of the molecule is C=CCc1cc(/C=C2\C(=O)NC(=O)N(c3ccc(C(=O)OC)cc3)C2=O)cc(OC)c1OCC. The van der Waals surface area contributed by atoms with E-state index in [1.54, 1.807) is 18.2 Å². The fourth-order valence-electron chi connectivity index (χ4n) is 3.46. The molecule has 1 aliphatic heterocycles. The molecule has 1 aliphatic rings. The van der Waals surface area contributed by atoms with Gasteiger partial charge in [0.25, 0.3) is 11.8 Å². The minimum atomic E-state index is -0.894. The Morgan fingerprint density at radius 1 is 1.12 bits per heavy atom. The topological polar surface area (TPSA) is 111 Å². The van der Waals surface area contributed by atoms with Gasteiger partial charge in [0.15, 0.2) is 11.5 Å². The first-order valence-corrected chi connectivity index (χ1v) is 10.4. The van der Waals surface area contributed by atoms with Crippen molar-refractivity contribution in [3.8, 4) is 11.5 Å². The molecule has 0 spiro atoms. The Morgan fingerprint density at radius 3 is 2.41 bits per heavy atom. The second-order valence-electron chi connectivity index (χ2n) is 7.13. The van der Waals surface area contributed by atoms with Crippen LogP contribution in [0, 0.1) is 0 Å². The van der Waals surface area contributed by atoms with Gasteiger partial charge in [-0.1, -0.05) is 6.08 Å². The van der Waals surface area contributed by atoms with Gasteiger partial charge in [-0.25, -0.2) is 14.5 Å². The molecule has 1 fully saturated rings. The maximum Gasteiger partial charge on any atom is 0.337 e. The summed E-state index contributed by atoms with van der Waals surface area (Å²) in [4.78, 5) is 50.6. The first kappa shape index (κ1) is 24.2. The molecule has 1 saturated heterocycles. The monoisotopic (exact) mass is 464 g/mol. The average Bonchev–Trinajstić information content (AvgIpc) is 2.83. The minimum Gasteiger partial charge on any atom is -0.493 e. The first-order valence-electron chi connectivity index (χ1n) is 10.4. The highest BCUT2D eigenvalue weighted by Gasteiger charge is 2.37. The molecule has 176 valence electrons. The van der Waals surface area contributed by atoms with E-state index in [2.05, 4.69) is 16.6 Å². The number of anilines is 1. The Morgan fingerprint density at radius 2 is 1.82 bits per heavy atom. The van der Waals surface area contributed by atoms with E-state index in [0.717, 1.165) is 10.5 Å². The second kappa shape index (κ2) is 10.5. The van der Waals surface area contributed by atoms with Gasteiger partial charge in [0.2, 0.25) is 0 Å². The van der Waals surface area contributed by atoms with Crippen LogP contribution < -0.4 is 19.7 Å². The smallest absolute Gasteiger partial charge is 0.337 e. The molecule has 3 rings (SSSR count). The molecule has 2 aromatic carbocycles. The van der Waals surface area contributed by atoms with Crippen molar-refractivity contribution in [2.24, 2.45) is 0 Å². The molecule has 0 bridgehead atoms. The van der Waals surface area contributed by atoms with E-state index in [0.29, 0.717) is 30.1 Å². The number of ether oxygens (including phenoxy) is 3. The van der Waals surface area contributed by atoms with Crippen LogP contribution in [0.1, 0.15) is 28.4 Å². The number of benzene rings is 2. The summed E-state index contributed by atoms with van der Waals surface area (Å²) < 4.78 is 15.8. The highest BCUT2D eigenvalue weighted by Crippen LogP contribution is 2.34. The molecule has 0 aliphatic carbocycles. The van der Waals surface area contributed by atoms with E-state index in [9.17, 15) is 19.2 Å². The van der Waals surface area contributed by atoms with E-state index < -0.39 is 23.8 Å². The Kier molecular flexibility index (Phi) is 7.47. The van der Waals surface area contributed by atoms with Crippen LogP contribution in [0.2, 0.25) is 0 Å². The summed E-state index contributed by atoms with van der Waals surface area (Å²) in [7, 11) is 2.74. The van der Waals surface area contributed by atoms with Crippen molar-refractivity contribution in [3.05, 3.63) is 71.3 Å². The van der Waals surface area contributed by atoms with Crippen molar-refractivity contribution in [1.29, 1.82) is 0 Å². The number of urea groups is 1. The summed E-state index contributed by atoms with van der Waals surface area (Å²) in [5.41, 5.74) is 1.46. The van der Waals surface area contributed by atoms with Crippen LogP contribution >= 0.6 is 0 Å². The Bertz CT molecular complexity index is 1180. The third-order valence-corrected chi connectivity index (χ3v) is 4.99. The van der Waals surface area contributed by atoms with Crippen LogP contribution in [-0.4, -0.2) is 44.6 Å². The minimum absolute atomic E-state index is 0.185. The van der Waals surface area contributed by atoms with Crippen LogP contribution in [-0.2, 0) is 20.7 Å². The number of methoxy groups -OCH3 is 2. The summed E-state index contributed by atoms with van der Waals surface area (Å²) in [5.74, 6) is -1.21. The van der Waals surface area contributed by atoms with E-state index in [-0.39, 0.29) is 16.8 Å². The number of imide groups is 2. The number of barbiturate groups is 1. The third-order valence-electron chi connectivity index (χ3n) is 4.99. The molecule has 9 nitrogen and oxygen atoms in total. The zero-order valence-corrected chi connectivity index (χ0v) is 19.0. The van der Waals surface area contributed by atoms with Crippen molar-refractivity contribution < 1.29 is 33.4 Å². The number of nitrogens with zero attached hydrogens (tertiary/aromatic N) is 1. The lowest BCUT2D eigenvalue weighted by Gasteiger charge is -2.26. The molecule has 9 heteroatoms. The van der Waals surface area contributed by atoms with Gasteiger partial charge in [0.1, 0.15) is 5.57 Å². The molecule has 0 radical (unpaired) electrons. The Balaban J connectivity index is 2.03. The van der Waals surface area contributed by atoms with Gasteiger partial charge in [-0.3, -0.25) is 14.9 Å². The summed E-state index contributed by atoms with van der Waals surface area (Å²) in [6.45, 7) is 6.03. The predicted octanol–water partition coefficient (Wildman–Crippen LogP) is 3.28. The highest BCUT2D eigenvalue weighted by atomic mass is 16.5. The number of carbonyl (C=O) groups excluding carboxylic acids is 4. The fourth-order valence-corrected chi connectivity index (χ4v) is 3.46. The number of esters is 1. The van der Waals surface area contributed by atoms with Crippen molar-refractivity contribution in [2.75, 3.05) is 25.7 Å². The van der Waals surface area contributed by atoms with Crippen LogP contribution in [0.15, 0.2) is 54.6 Å². The van der Waals surface area contributed by atoms with E-state index in [4.69, 9.17) is 9.47 Å². The number of carbonyl (C=O) groups is 4. The van der Waals surface area contributed by atoms with Crippen molar-refractivity contribution >= 4 is 35.6 Å². The molecule has 0 aromatic heterocycles. The largest absolute Gasteiger partial charge is 0.493 e. The number of hydrogen-bond acceptors (Lipinski definition) is 7. The summed E-state index contributed by atoms with van der Waals surface area (Å²) in [6, 6.07) is 8.17. The van der Waals surface area contributed by atoms with Crippen LogP contribution in [0.4, 0.5) is 10.5 Å². The van der Waals surface area contributed by atoms with Crippen LogP contribution in [0.3, 0.4) is 0 Å². The molecular weight excluding hydrogens is 440 g/mol. The average molecular weight is 464 g/mol. The number of amides is 4. The maximum absolute atomic E-state index is 13.2. The molecule has 34 heavy (non-hydrogen) atoms. The van der Waals surface area contributed by atoms with Gasteiger partial charge in [-0.2, -0.15) is 0 Å². The molecule has 2 aromatic rings. The second-order valence-corrected chi connectivity index (χ2v) is 7.13. The zero-order valence-electron chi connectivity index (χ0n) is 19.0. The Hall–Kier alpha value is -4.40. The number of rotatable bonds is 8. The van der Waals surface area contributed by atoms with Crippen molar-refractivity contribution in [1.82, 2.24) is 5.32 Å². The zero-order chi connectivity index (χ0) is 24.8. The number of nitrogens with one attached hydrogen (secondary N) is 1. The molecule has 1 heterocycles. The van der Waals surface area contributed by atoms with Gasteiger partial charge >= 0.3 is 12.0 Å².